The average molecular weight is 511 g/mol. The molecular weight excluding hydrogens is 484 g/mol. The minimum absolute atomic E-state index is 0.00386. The van der Waals surface area contributed by atoms with Gasteiger partial charge in [0.25, 0.3) is 5.56 Å². The van der Waals surface area contributed by atoms with Gasteiger partial charge in [0.1, 0.15) is 10.6 Å². The average Bonchev–Trinajstić information content (AvgIpc) is 3.31. The van der Waals surface area contributed by atoms with Crippen LogP contribution in [0.2, 0.25) is 0 Å². The number of hydrogen-bond acceptors (Lipinski definition) is 5. The molecule has 0 aliphatic heterocycles. The monoisotopic (exact) mass is 510 g/mol. The van der Waals surface area contributed by atoms with Crippen molar-refractivity contribution in [2.75, 3.05) is 7.11 Å². The van der Waals surface area contributed by atoms with Gasteiger partial charge in [-0.25, -0.2) is 4.98 Å². The number of nitrogens with zero attached hydrogens (tertiary/aromatic N) is 2. The van der Waals surface area contributed by atoms with Crippen LogP contribution < -0.4 is 10.3 Å². The number of hydrogen-bond donors (Lipinski definition) is 0. The Labute approximate surface area is 218 Å². The first-order chi connectivity index (χ1) is 17.7. The molecule has 0 saturated heterocycles. The minimum atomic E-state index is -0.00386. The molecule has 0 unspecified atom stereocenters. The number of aryl methyl sites for hydroxylation is 2. The summed E-state index contributed by atoms with van der Waals surface area (Å²) in [4.78, 5) is 21.5. The van der Waals surface area contributed by atoms with Gasteiger partial charge in [-0.15, -0.1) is 11.3 Å². The van der Waals surface area contributed by atoms with E-state index in [9.17, 15) is 4.79 Å². The molecule has 3 aromatic carbocycles. The van der Waals surface area contributed by atoms with Crippen LogP contribution in [0.4, 0.5) is 0 Å². The van der Waals surface area contributed by atoms with E-state index in [-0.39, 0.29) is 10.8 Å². The summed E-state index contributed by atoms with van der Waals surface area (Å²) in [5.74, 6) is 0.759. The smallest absolute Gasteiger partial charge is 0.267 e. The second kappa shape index (κ2) is 9.96. The van der Waals surface area contributed by atoms with Crippen molar-refractivity contribution in [3.05, 3.63) is 117 Å². The Balaban J connectivity index is 1.57. The van der Waals surface area contributed by atoms with Crippen molar-refractivity contribution in [1.82, 2.24) is 9.55 Å². The van der Waals surface area contributed by atoms with E-state index in [1.165, 1.54) is 28.0 Å². The van der Waals surface area contributed by atoms with E-state index in [0.717, 1.165) is 40.9 Å². The van der Waals surface area contributed by atoms with E-state index in [1.54, 1.807) is 34.8 Å². The molecule has 0 N–H and O–H groups in total. The molecule has 6 heteroatoms. The molecule has 1 aliphatic rings. The van der Waals surface area contributed by atoms with E-state index >= 15 is 0 Å². The molecule has 0 radical (unpaired) electrons. The number of fused-ring (bicyclic) bond motifs is 3. The summed E-state index contributed by atoms with van der Waals surface area (Å²) < 4.78 is 7.17. The maximum absolute atomic E-state index is 14.2. The third kappa shape index (κ3) is 4.25. The lowest BCUT2D eigenvalue weighted by Gasteiger charge is -2.20. The van der Waals surface area contributed by atoms with Gasteiger partial charge in [0.2, 0.25) is 0 Å². The SMILES string of the molecule is COc1ccc(-n2c(SC(c3ccccc3)c3ccccc3)nc3sc4c(c3c2=O)CCCC4)cc1. The molecule has 36 heavy (non-hydrogen) atoms. The summed E-state index contributed by atoms with van der Waals surface area (Å²) in [5, 5.41) is 1.50. The van der Waals surface area contributed by atoms with Gasteiger partial charge >= 0.3 is 0 Å². The molecule has 2 heterocycles. The molecular formula is C30H26N2O2S2. The third-order valence-electron chi connectivity index (χ3n) is 6.72. The maximum Gasteiger partial charge on any atom is 0.267 e. The molecule has 2 aromatic heterocycles. The zero-order valence-corrected chi connectivity index (χ0v) is 21.6. The number of ether oxygens (including phenoxy) is 1. The predicted molar refractivity (Wildman–Crippen MR) is 149 cm³/mol. The van der Waals surface area contributed by atoms with Crippen LogP contribution in [-0.2, 0) is 12.8 Å². The molecule has 0 atom stereocenters. The lowest BCUT2D eigenvalue weighted by atomic mass is 9.97. The lowest BCUT2D eigenvalue weighted by molar-refractivity contribution is 0.414. The highest BCUT2D eigenvalue weighted by atomic mass is 32.2. The van der Waals surface area contributed by atoms with Crippen LogP contribution in [0, 0.1) is 0 Å². The summed E-state index contributed by atoms with van der Waals surface area (Å²) in [5.41, 5.74) is 4.38. The quantitative estimate of drug-likeness (QED) is 0.179. The van der Waals surface area contributed by atoms with Gasteiger partial charge in [-0.3, -0.25) is 9.36 Å². The normalized spacial score (nSPS) is 13.2. The van der Waals surface area contributed by atoms with Crippen LogP contribution in [0.3, 0.4) is 0 Å². The fraction of sp³-hybridized carbons (Fsp3) is 0.200. The summed E-state index contributed by atoms with van der Waals surface area (Å²) in [7, 11) is 1.65. The molecule has 5 aromatic rings. The number of thioether (sulfide) groups is 1. The highest BCUT2D eigenvalue weighted by Gasteiger charge is 2.25. The van der Waals surface area contributed by atoms with Gasteiger partial charge in [-0.1, -0.05) is 72.4 Å². The van der Waals surface area contributed by atoms with E-state index in [2.05, 4.69) is 48.5 Å². The second-order valence-electron chi connectivity index (χ2n) is 8.94. The zero-order valence-electron chi connectivity index (χ0n) is 20.0. The van der Waals surface area contributed by atoms with Crippen LogP contribution in [0.1, 0.15) is 39.7 Å². The zero-order chi connectivity index (χ0) is 24.5. The molecule has 0 spiro atoms. The van der Waals surface area contributed by atoms with Crippen molar-refractivity contribution < 1.29 is 4.74 Å². The molecule has 0 bridgehead atoms. The number of methoxy groups -OCH3 is 1. The maximum atomic E-state index is 14.2. The van der Waals surface area contributed by atoms with Crippen LogP contribution in [0.5, 0.6) is 5.75 Å². The first-order valence-corrected chi connectivity index (χ1v) is 13.9. The standard InChI is InChI=1S/C30H26N2O2S2/c1-34-23-18-16-22(17-19-23)32-29(33)26-24-14-8-9-15-25(24)35-28(26)31-30(32)36-27(20-10-4-2-5-11-20)21-12-6-3-7-13-21/h2-7,10-13,16-19,27H,8-9,14-15H2,1H3. The topological polar surface area (TPSA) is 44.1 Å². The van der Waals surface area contributed by atoms with Crippen molar-refractivity contribution in [3.8, 4) is 11.4 Å². The molecule has 0 amide bonds. The van der Waals surface area contributed by atoms with Gasteiger partial charge < -0.3 is 4.74 Å². The largest absolute Gasteiger partial charge is 0.497 e. The van der Waals surface area contributed by atoms with E-state index in [4.69, 9.17) is 9.72 Å². The van der Waals surface area contributed by atoms with Crippen molar-refractivity contribution in [1.29, 1.82) is 0 Å². The van der Waals surface area contributed by atoms with Crippen LogP contribution in [-0.4, -0.2) is 16.7 Å². The Morgan fingerprint density at radius 3 is 2.17 bits per heavy atom. The van der Waals surface area contributed by atoms with Crippen LogP contribution >= 0.6 is 23.1 Å². The Hall–Kier alpha value is -3.35. The number of aromatic nitrogens is 2. The van der Waals surface area contributed by atoms with Gasteiger partial charge in [0.05, 0.1) is 23.4 Å². The Bertz CT molecular complexity index is 1520. The Kier molecular flexibility index (Phi) is 6.38. The first-order valence-electron chi connectivity index (χ1n) is 12.2. The molecule has 0 fully saturated rings. The summed E-state index contributed by atoms with van der Waals surface area (Å²) in [6, 6.07) is 28.6. The van der Waals surface area contributed by atoms with Crippen molar-refractivity contribution >= 4 is 33.3 Å². The van der Waals surface area contributed by atoms with Gasteiger partial charge in [0.15, 0.2) is 5.16 Å². The van der Waals surface area contributed by atoms with Crippen LogP contribution in [0.15, 0.2) is 94.9 Å². The van der Waals surface area contributed by atoms with E-state index < -0.39 is 0 Å². The Morgan fingerprint density at radius 2 is 1.53 bits per heavy atom. The van der Waals surface area contributed by atoms with E-state index in [0.29, 0.717) is 5.16 Å². The predicted octanol–water partition coefficient (Wildman–Crippen LogP) is 7.22. The lowest BCUT2D eigenvalue weighted by Crippen LogP contribution is -2.22. The summed E-state index contributed by atoms with van der Waals surface area (Å²) in [6.45, 7) is 0. The summed E-state index contributed by atoms with van der Waals surface area (Å²) in [6.07, 6.45) is 4.30. The van der Waals surface area contributed by atoms with Crippen molar-refractivity contribution in [3.63, 3.8) is 0 Å². The van der Waals surface area contributed by atoms with Crippen molar-refractivity contribution in [2.24, 2.45) is 0 Å². The third-order valence-corrected chi connectivity index (χ3v) is 9.17. The molecule has 4 nitrogen and oxygen atoms in total. The van der Waals surface area contributed by atoms with Crippen LogP contribution in [0.25, 0.3) is 15.9 Å². The fourth-order valence-corrected chi connectivity index (χ4v) is 7.46. The minimum Gasteiger partial charge on any atom is -0.497 e. The fourth-order valence-electron chi connectivity index (χ4n) is 4.91. The summed E-state index contributed by atoms with van der Waals surface area (Å²) >= 11 is 3.33. The van der Waals surface area contributed by atoms with Gasteiger partial charge in [-0.05, 0) is 66.6 Å². The molecule has 1 aliphatic carbocycles. The molecule has 180 valence electrons. The number of thiophene rings is 1. The van der Waals surface area contributed by atoms with Gasteiger partial charge in [-0.2, -0.15) is 0 Å². The van der Waals surface area contributed by atoms with E-state index in [1.807, 2.05) is 36.4 Å². The highest BCUT2D eigenvalue weighted by Crippen LogP contribution is 2.42. The highest BCUT2D eigenvalue weighted by molar-refractivity contribution is 7.99. The number of rotatable bonds is 6. The molecule has 0 saturated carbocycles. The first kappa shape index (κ1) is 23.1. The Morgan fingerprint density at radius 1 is 0.889 bits per heavy atom. The molecule has 6 rings (SSSR count). The van der Waals surface area contributed by atoms with Crippen molar-refractivity contribution in [2.45, 2.75) is 36.1 Å². The van der Waals surface area contributed by atoms with Gasteiger partial charge in [0, 0.05) is 4.88 Å². The second-order valence-corrected chi connectivity index (χ2v) is 11.1. The number of benzene rings is 3.